The number of amides is 2. The number of nitrogens with one attached hydrogen (secondary N) is 1. The van der Waals surface area contributed by atoms with Crippen LogP contribution in [0.2, 0.25) is 0 Å². The predicted octanol–water partition coefficient (Wildman–Crippen LogP) is 0.707. The molecule has 6 heteroatoms. The van der Waals surface area contributed by atoms with Crippen molar-refractivity contribution >= 4 is 23.2 Å². The summed E-state index contributed by atoms with van der Waals surface area (Å²) in [4.78, 5) is 25.5. The molecular weight excluding hydrogens is 252 g/mol. The van der Waals surface area contributed by atoms with Crippen molar-refractivity contribution in [3.8, 4) is 0 Å². The van der Waals surface area contributed by atoms with Gasteiger partial charge in [0.15, 0.2) is 0 Å². The van der Waals surface area contributed by atoms with E-state index in [0.29, 0.717) is 4.88 Å². The van der Waals surface area contributed by atoms with Crippen LogP contribution in [0, 0.1) is 0 Å². The standard InChI is InChI=1S/C12H18N2O3S/c1-12(2,8-15)14(3)10(16)7-13-11(17)9-5-4-6-18-9/h4-6,15H,7-8H2,1-3H3,(H,13,17). The lowest BCUT2D eigenvalue weighted by molar-refractivity contribution is -0.134. The molecule has 18 heavy (non-hydrogen) atoms. The average Bonchev–Trinajstić information content (AvgIpc) is 2.88. The molecule has 1 aromatic heterocycles. The SMILES string of the molecule is CN(C(=O)CNC(=O)c1cccs1)C(C)(C)CO. The average molecular weight is 270 g/mol. The van der Waals surface area contributed by atoms with E-state index in [0.717, 1.165) is 0 Å². The second-order valence-electron chi connectivity index (χ2n) is 4.58. The van der Waals surface area contributed by atoms with Gasteiger partial charge in [0, 0.05) is 7.05 Å². The lowest BCUT2D eigenvalue weighted by Crippen LogP contribution is -2.50. The van der Waals surface area contributed by atoms with Gasteiger partial charge >= 0.3 is 0 Å². The quantitative estimate of drug-likeness (QED) is 0.828. The van der Waals surface area contributed by atoms with Crippen LogP contribution in [-0.2, 0) is 4.79 Å². The van der Waals surface area contributed by atoms with Gasteiger partial charge in [0.1, 0.15) is 0 Å². The van der Waals surface area contributed by atoms with Gasteiger partial charge in [-0.05, 0) is 25.3 Å². The molecule has 0 unspecified atom stereocenters. The van der Waals surface area contributed by atoms with Crippen LogP contribution in [-0.4, -0.2) is 47.6 Å². The highest BCUT2D eigenvalue weighted by Crippen LogP contribution is 2.11. The first-order valence-corrected chi connectivity index (χ1v) is 6.45. The highest BCUT2D eigenvalue weighted by molar-refractivity contribution is 7.12. The van der Waals surface area contributed by atoms with Crippen LogP contribution in [0.3, 0.4) is 0 Å². The Morgan fingerprint density at radius 3 is 2.67 bits per heavy atom. The van der Waals surface area contributed by atoms with Crippen molar-refractivity contribution in [3.05, 3.63) is 22.4 Å². The number of likely N-dealkylation sites (N-methyl/N-ethyl adjacent to an activating group) is 1. The highest BCUT2D eigenvalue weighted by Gasteiger charge is 2.26. The molecule has 1 aromatic rings. The Hall–Kier alpha value is -1.40. The summed E-state index contributed by atoms with van der Waals surface area (Å²) in [7, 11) is 1.61. The summed E-state index contributed by atoms with van der Waals surface area (Å²) in [5.74, 6) is -0.493. The Morgan fingerprint density at radius 1 is 1.50 bits per heavy atom. The van der Waals surface area contributed by atoms with E-state index >= 15 is 0 Å². The second-order valence-corrected chi connectivity index (χ2v) is 5.53. The zero-order valence-electron chi connectivity index (χ0n) is 10.8. The van der Waals surface area contributed by atoms with Crippen molar-refractivity contribution in [1.82, 2.24) is 10.2 Å². The van der Waals surface area contributed by atoms with E-state index in [2.05, 4.69) is 5.32 Å². The number of aliphatic hydroxyl groups is 1. The molecule has 0 aromatic carbocycles. The van der Waals surface area contributed by atoms with Gasteiger partial charge in [-0.25, -0.2) is 0 Å². The third kappa shape index (κ3) is 3.54. The summed E-state index contributed by atoms with van der Waals surface area (Å²) in [6.45, 7) is 3.31. The molecule has 2 N–H and O–H groups in total. The fraction of sp³-hybridized carbons (Fsp3) is 0.500. The maximum atomic E-state index is 11.8. The topological polar surface area (TPSA) is 69.6 Å². The normalized spacial score (nSPS) is 11.1. The van der Waals surface area contributed by atoms with E-state index < -0.39 is 5.54 Å². The summed E-state index contributed by atoms with van der Waals surface area (Å²) >= 11 is 1.32. The van der Waals surface area contributed by atoms with Gasteiger partial charge in [0.25, 0.3) is 5.91 Å². The molecular formula is C12H18N2O3S. The van der Waals surface area contributed by atoms with Gasteiger partial charge in [0.05, 0.1) is 23.6 Å². The summed E-state index contributed by atoms with van der Waals surface area (Å²) in [6.07, 6.45) is 0. The Morgan fingerprint density at radius 2 is 2.17 bits per heavy atom. The molecule has 0 fully saturated rings. The van der Waals surface area contributed by atoms with Crippen molar-refractivity contribution in [3.63, 3.8) is 0 Å². The maximum Gasteiger partial charge on any atom is 0.261 e. The predicted molar refractivity (Wildman–Crippen MR) is 70.6 cm³/mol. The van der Waals surface area contributed by atoms with Crippen LogP contribution in [0.4, 0.5) is 0 Å². The Labute approximate surface area is 110 Å². The van der Waals surface area contributed by atoms with E-state index in [1.165, 1.54) is 16.2 Å². The van der Waals surface area contributed by atoms with Gasteiger partial charge < -0.3 is 15.3 Å². The first-order chi connectivity index (χ1) is 8.38. The maximum absolute atomic E-state index is 11.8. The zero-order valence-corrected chi connectivity index (χ0v) is 11.6. The summed E-state index contributed by atoms with van der Waals surface area (Å²) in [6, 6.07) is 3.48. The van der Waals surface area contributed by atoms with Crippen LogP contribution < -0.4 is 5.32 Å². The van der Waals surface area contributed by atoms with Gasteiger partial charge in [-0.15, -0.1) is 11.3 Å². The number of hydrogen-bond donors (Lipinski definition) is 2. The molecule has 0 aliphatic heterocycles. The number of hydrogen-bond acceptors (Lipinski definition) is 4. The fourth-order valence-corrected chi connectivity index (χ4v) is 1.85. The third-order valence-corrected chi connectivity index (χ3v) is 3.68. The molecule has 0 aliphatic rings. The number of aliphatic hydroxyl groups excluding tert-OH is 1. The van der Waals surface area contributed by atoms with Crippen LogP contribution in [0.25, 0.3) is 0 Å². The zero-order chi connectivity index (χ0) is 13.8. The summed E-state index contributed by atoms with van der Waals surface area (Å²) in [5, 5.41) is 13.5. The monoisotopic (exact) mass is 270 g/mol. The van der Waals surface area contributed by atoms with E-state index in [9.17, 15) is 9.59 Å². The van der Waals surface area contributed by atoms with Gasteiger partial charge in [0.2, 0.25) is 5.91 Å². The van der Waals surface area contributed by atoms with Crippen molar-refractivity contribution in [2.75, 3.05) is 20.2 Å². The molecule has 100 valence electrons. The molecule has 0 bridgehead atoms. The Balaban J connectivity index is 2.49. The van der Waals surface area contributed by atoms with Gasteiger partial charge in [-0.3, -0.25) is 9.59 Å². The molecule has 2 amide bonds. The number of carbonyl (C=O) groups is 2. The van der Waals surface area contributed by atoms with Gasteiger partial charge in [-0.2, -0.15) is 0 Å². The molecule has 0 saturated carbocycles. The van der Waals surface area contributed by atoms with Crippen molar-refractivity contribution < 1.29 is 14.7 Å². The minimum Gasteiger partial charge on any atom is -0.394 e. The Kier molecular flexibility index (Phi) is 4.86. The smallest absolute Gasteiger partial charge is 0.261 e. The second kappa shape index (κ2) is 5.97. The largest absolute Gasteiger partial charge is 0.394 e. The first kappa shape index (κ1) is 14.7. The van der Waals surface area contributed by atoms with Gasteiger partial charge in [-0.1, -0.05) is 6.07 Å². The first-order valence-electron chi connectivity index (χ1n) is 5.57. The molecule has 0 atom stereocenters. The molecule has 0 aliphatic carbocycles. The van der Waals surface area contributed by atoms with Crippen LogP contribution in [0.5, 0.6) is 0 Å². The molecule has 5 nitrogen and oxygen atoms in total. The number of thiophene rings is 1. The third-order valence-electron chi connectivity index (χ3n) is 2.81. The minimum absolute atomic E-state index is 0.0728. The van der Waals surface area contributed by atoms with Crippen LogP contribution in [0.1, 0.15) is 23.5 Å². The fourth-order valence-electron chi connectivity index (χ4n) is 1.21. The molecule has 0 saturated heterocycles. The van der Waals surface area contributed by atoms with E-state index in [1.807, 2.05) is 0 Å². The van der Waals surface area contributed by atoms with E-state index in [1.54, 1.807) is 38.4 Å². The van der Waals surface area contributed by atoms with Crippen molar-refractivity contribution in [1.29, 1.82) is 0 Å². The lowest BCUT2D eigenvalue weighted by Gasteiger charge is -2.33. The lowest BCUT2D eigenvalue weighted by atomic mass is 10.1. The molecule has 1 rings (SSSR count). The van der Waals surface area contributed by atoms with Crippen LogP contribution in [0.15, 0.2) is 17.5 Å². The molecule has 1 heterocycles. The van der Waals surface area contributed by atoms with E-state index in [-0.39, 0.29) is 25.0 Å². The summed E-state index contributed by atoms with van der Waals surface area (Å²) in [5.41, 5.74) is -0.634. The van der Waals surface area contributed by atoms with Crippen molar-refractivity contribution in [2.24, 2.45) is 0 Å². The van der Waals surface area contributed by atoms with Crippen LogP contribution >= 0.6 is 11.3 Å². The van der Waals surface area contributed by atoms with E-state index in [4.69, 9.17) is 5.11 Å². The van der Waals surface area contributed by atoms with Crippen molar-refractivity contribution in [2.45, 2.75) is 19.4 Å². The molecule has 0 spiro atoms. The summed E-state index contributed by atoms with van der Waals surface area (Å²) < 4.78 is 0. The number of carbonyl (C=O) groups excluding carboxylic acids is 2. The highest BCUT2D eigenvalue weighted by atomic mass is 32.1. The Bertz CT molecular complexity index is 415. The number of rotatable bonds is 5. The minimum atomic E-state index is -0.634. The molecule has 0 radical (unpaired) electrons. The number of nitrogens with zero attached hydrogens (tertiary/aromatic N) is 1.